The first-order valence-corrected chi connectivity index (χ1v) is 12.4. The van der Waals surface area contributed by atoms with Gasteiger partial charge in [0.2, 0.25) is 0 Å². The molecule has 3 heterocycles. The number of benzene rings is 1. The van der Waals surface area contributed by atoms with Gasteiger partial charge in [-0.1, -0.05) is 36.1 Å². The molecule has 2 aliphatic heterocycles. The Bertz CT molecular complexity index is 1270. The smallest absolute Gasteiger partial charge is 0.270 e. The zero-order chi connectivity index (χ0) is 24.4. The Morgan fingerprint density at radius 1 is 1.21 bits per heavy atom. The Kier molecular flexibility index (Phi) is 7.10. The number of thioether (sulfide) groups is 1. The fraction of sp³-hybridized carbons (Fsp3) is 0.360. The largest absolute Gasteiger partial charge is 0.497 e. The lowest BCUT2D eigenvalue weighted by Crippen LogP contribution is -2.32. The van der Waals surface area contributed by atoms with Gasteiger partial charge >= 0.3 is 0 Å². The number of pyridine rings is 1. The monoisotopic (exact) mass is 494 g/mol. The summed E-state index contributed by atoms with van der Waals surface area (Å²) in [5, 5.41) is 9.69. The quantitative estimate of drug-likeness (QED) is 0.443. The lowest BCUT2D eigenvalue weighted by atomic mass is 10.0. The van der Waals surface area contributed by atoms with Crippen molar-refractivity contribution in [2.45, 2.75) is 39.8 Å². The Hall–Kier alpha value is -3.09. The number of hydrogen-bond acceptors (Lipinski definition) is 7. The van der Waals surface area contributed by atoms with E-state index < -0.39 is 0 Å². The molecule has 1 aromatic heterocycles. The highest BCUT2D eigenvalue weighted by molar-refractivity contribution is 8.26. The number of hydrogen-bond donors (Lipinski definition) is 0. The fourth-order valence-electron chi connectivity index (χ4n) is 4.39. The summed E-state index contributed by atoms with van der Waals surface area (Å²) in [7, 11) is 1.61. The number of thiocarbonyl (C=S) groups is 1. The molecular formula is C25H26N4O3S2. The second-order valence-corrected chi connectivity index (χ2v) is 9.88. The number of anilines is 1. The van der Waals surface area contributed by atoms with Crippen molar-refractivity contribution in [3.05, 3.63) is 61.8 Å². The summed E-state index contributed by atoms with van der Waals surface area (Å²) < 4.78 is 7.34. The number of carbonyl (C=O) groups is 1. The Morgan fingerprint density at radius 2 is 1.88 bits per heavy atom. The molecule has 7 nitrogen and oxygen atoms in total. The van der Waals surface area contributed by atoms with E-state index in [1.807, 2.05) is 37.3 Å². The molecule has 0 N–H and O–H groups in total. The third kappa shape index (κ3) is 4.36. The Labute approximate surface area is 208 Å². The van der Waals surface area contributed by atoms with Gasteiger partial charge in [-0.25, -0.2) is 0 Å². The molecule has 2 saturated heterocycles. The molecule has 0 bridgehead atoms. The van der Waals surface area contributed by atoms with Gasteiger partial charge in [0.05, 0.1) is 18.6 Å². The summed E-state index contributed by atoms with van der Waals surface area (Å²) in [6.45, 7) is 6.16. The summed E-state index contributed by atoms with van der Waals surface area (Å²) in [5.74, 6) is 1.35. The van der Waals surface area contributed by atoms with Crippen LogP contribution >= 0.6 is 24.0 Å². The van der Waals surface area contributed by atoms with E-state index >= 15 is 0 Å². The number of carbonyl (C=O) groups excluding carboxylic acids is 1. The van der Waals surface area contributed by atoms with Gasteiger partial charge in [-0.2, -0.15) is 5.26 Å². The van der Waals surface area contributed by atoms with Crippen molar-refractivity contribution in [3.8, 4) is 11.8 Å². The Balaban J connectivity index is 1.76. The number of amides is 1. The maximum absolute atomic E-state index is 13.3. The van der Waals surface area contributed by atoms with Crippen LogP contribution in [0.15, 0.2) is 34.0 Å². The van der Waals surface area contributed by atoms with Gasteiger partial charge in [0, 0.05) is 25.2 Å². The van der Waals surface area contributed by atoms with Crippen LogP contribution in [0.2, 0.25) is 0 Å². The zero-order valence-corrected chi connectivity index (χ0v) is 21.1. The average Bonchev–Trinajstić information content (AvgIpc) is 3.46. The minimum absolute atomic E-state index is 0.116. The van der Waals surface area contributed by atoms with E-state index in [2.05, 4.69) is 11.0 Å². The molecule has 0 spiro atoms. The molecule has 2 aromatic rings. The van der Waals surface area contributed by atoms with E-state index in [4.69, 9.17) is 17.0 Å². The number of ether oxygens (including phenoxy) is 1. The van der Waals surface area contributed by atoms with Crippen LogP contribution in [0.5, 0.6) is 5.75 Å². The number of nitriles is 1. The molecule has 0 unspecified atom stereocenters. The van der Waals surface area contributed by atoms with Gasteiger partial charge in [0.25, 0.3) is 11.5 Å². The highest BCUT2D eigenvalue weighted by Crippen LogP contribution is 2.37. The summed E-state index contributed by atoms with van der Waals surface area (Å²) >= 11 is 6.78. The van der Waals surface area contributed by atoms with Gasteiger partial charge in [-0.05, 0) is 56.0 Å². The molecule has 0 saturated carbocycles. The van der Waals surface area contributed by atoms with Gasteiger partial charge in [-0.15, -0.1) is 0 Å². The third-order valence-corrected chi connectivity index (χ3v) is 7.59. The van der Waals surface area contributed by atoms with Crippen LogP contribution in [0, 0.1) is 18.3 Å². The molecule has 9 heteroatoms. The second kappa shape index (κ2) is 10.0. The highest BCUT2D eigenvalue weighted by Gasteiger charge is 2.33. The van der Waals surface area contributed by atoms with Crippen LogP contribution in [0.1, 0.15) is 42.0 Å². The molecule has 2 fully saturated rings. The van der Waals surface area contributed by atoms with Crippen LogP contribution in [-0.4, -0.2) is 39.9 Å². The topological polar surface area (TPSA) is 78.6 Å². The van der Waals surface area contributed by atoms with E-state index in [1.165, 1.54) is 11.8 Å². The predicted octanol–water partition coefficient (Wildman–Crippen LogP) is 4.06. The van der Waals surface area contributed by atoms with Crippen molar-refractivity contribution >= 4 is 46.1 Å². The van der Waals surface area contributed by atoms with Gasteiger partial charge in [0.1, 0.15) is 27.5 Å². The van der Waals surface area contributed by atoms with Crippen molar-refractivity contribution in [2.24, 2.45) is 0 Å². The maximum Gasteiger partial charge on any atom is 0.270 e. The molecule has 34 heavy (non-hydrogen) atoms. The Morgan fingerprint density at radius 3 is 2.47 bits per heavy atom. The minimum atomic E-state index is -0.284. The first-order chi connectivity index (χ1) is 16.4. The standard InChI is InChI=1S/C25H26N4O3S2/c1-4-28-22(27-11-5-6-12-27)19(16(2)20(14-26)23(28)30)13-21-24(31)29(25(33)34-21)15-17-7-9-18(32-3)10-8-17/h7-10,13H,4-6,11-12,15H2,1-3H3/b21-13-. The van der Waals surface area contributed by atoms with Crippen molar-refractivity contribution < 1.29 is 9.53 Å². The van der Waals surface area contributed by atoms with Crippen molar-refractivity contribution in [2.75, 3.05) is 25.1 Å². The molecule has 0 aliphatic carbocycles. The molecule has 176 valence electrons. The number of rotatable bonds is 6. The zero-order valence-electron chi connectivity index (χ0n) is 19.5. The van der Waals surface area contributed by atoms with Crippen LogP contribution < -0.4 is 15.2 Å². The molecule has 0 atom stereocenters. The van der Waals surface area contributed by atoms with Gasteiger partial charge < -0.3 is 9.64 Å². The maximum atomic E-state index is 13.3. The lowest BCUT2D eigenvalue weighted by Gasteiger charge is -2.26. The molecule has 0 radical (unpaired) electrons. The van der Waals surface area contributed by atoms with Gasteiger partial charge in [-0.3, -0.25) is 19.1 Å². The van der Waals surface area contributed by atoms with Crippen LogP contribution in [0.25, 0.3) is 6.08 Å². The summed E-state index contributed by atoms with van der Waals surface area (Å²) in [6.07, 6.45) is 3.89. The van der Waals surface area contributed by atoms with Crippen molar-refractivity contribution in [1.82, 2.24) is 9.47 Å². The second-order valence-electron chi connectivity index (χ2n) is 8.21. The third-order valence-electron chi connectivity index (χ3n) is 6.22. The average molecular weight is 495 g/mol. The normalized spacial score (nSPS) is 17.1. The molecule has 2 aliphatic rings. The van der Waals surface area contributed by atoms with E-state index in [0.29, 0.717) is 27.9 Å². The molecule has 4 rings (SSSR count). The molecule has 1 amide bonds. The first-order valence-electron chi connectivity index (χ1n) is 11.2. The highest BCUT2D eigenvalue weighted by atomic mass is 32.2. The van der Waals surface area contributed by atoms with E-state index in [0.717, 1.165) is 48.6 Å². The predicted molar refractivity (Wildman–Crippen MR) is 139 cm³/mol. The van der Waals surface area contributed by atoms with Gasteiger partial charge in [0.15, 0.2) is 0 Å². The molecular weight excluding hydrogens is 468 g/mol. The number of aromatic nitrogens is 1. The van der Waals surface area contributed by atoms with Crippen LogP contribution in [-0.2, 0) is 17.9 Å². The van der Waals surface area contributed by atoms with Crippen molar-refractivity contribution in [1.29, 1.82) is 5.26 Å². The molecule has 1 aromatic carbocycles. The lowest BCUT2D eigenvalue weighted by molar-refractivity contribution is -0.122. The number of methoxy groups -OCH3 is 1. The fourth-order valence-corrected chi connectivity index (χ4v) is 5.62. The van der Waals surface area contributed by atoms with E-state index in [-0.39, 0.29) is 17.0 Å². The first kappa shape index (κ1) is 24.0. The van der Waals surface area contributed by atoms with Crippen LogP contribution in [0.4, 0.5) is 5.82 Å². The number of nitrogens with zero attached hydrogens (tertiary/aromatic N) is 4. The van der Waals surface area contributed by atoms with Crippen molar-refractivity contribution in [3.63, 3.8) is 0 Å². The summed E-state index contributed by atoms with van der Waals surface area (Å²) in [6, 6.07) is 9.60. The summed E-state index contributed by atoms with van der Waals surface area (Å²) in [5.41, 5.74) is 2.11. The van der Waals surface area contributed by atoms with E-state index in [9.17, 15) is 14.9 Å². The van der Waals surface area contributed by atoms with Crippen LogP contribution in [0.3, 0.4) is 0 Å². The SMILES string of the molecule is CCn1c(N2CCCC2)c(/C=C2\SC(=S)N(Cc3ccc(OC)cc3)C2=O)c(C)c(C#N)c1=O. The van der Waals surface area contributed by atoms with E-state index in [1.54, 1.807) is 23.5 Å². The minimum Gasteiger partial charge on any atom is -0.497 e. The summed E-state index contributed by atoms with van der Waals surface area (Å²) in [4.78, 5) is 30.6.